The Morgan fingerprint density at radius 2 is 2.25 bits per heavy atom. The van der Waals surface area contributed by atoms with Crippen LogP contribution in [0.3, 0.4) is 0 Å². The molecule has 1 atom stereocenters. The number of benzene rings is 1. The maximum Gasteiger partial charge on any atom is 0.250 e. The number of halogens is 1. The van der Waals surface area contributed by atoms with Crippen LogP contribution in [0.1, 0.15) is 5.56 Å². The first-order valence-corrected chi connectivity index (χ1v) is 7.06. The lowest BCUT2D eigenvalue weighted by Crippen LogP contribution is -2.48. The number of rotatable bonds is 6. The highest BCUT2D eigenvalue weighted by molar-refractivity contribution is 6.30. The summed E-state index contributed by atoms with van der Waals surface area (Å²) in [5.41, 5.74) is 1.06. The summed E-state index contributed by atoms with van der Waals surface area (Å²) in [7, 11) is 0. The summed E-state index contributed by atoms with van der Waals surface area (Å²) >= 11 is 5.80. The molecule has 1 amide bonds. The van der Waals surface area contributed by atoms with Crippen LogP contribution in [-0.4, -0.2) is 44.9 Å². The van der Waals surface area contributed by atoms with E-state index < -0.39 is 0 Å². The van der Waals surface area contributed by atoms with E-state index >= 15 is 0 Å². The molecule has 1 aromatic rings. The number of ether oxygens (including phenoxy) is 2. The van der Waals surface area contributed by atoms with Crippen molar-refractivity contribution in [1.29, 1.82) is 0 Å². The van der Waals surface area contributed by atoms with Crippen LogP contribution in [0.25, 0.3) is 0 Å². The van der Waals surface area contributed by atoms with Gasteiger partial charge in [0, 0.05) is 24.7 Å². The molecule has 6 heteroatoms. The summed E-state index contributed by atoms with van der Waals surface area (Å²) < 4.78 is 10.8. The van der Waals surface area contributed by atoms with Gasteiger partial charge in [0.1, 0.15) is 6.10 Å². The van der Waals surface area contributed by atoms with Gasteiger partial charge in [-0.25, -0.2) is 0 Å². The summed E-state index contributed by atoms with van der Waals surface area (Å²) in [5.74, 6) is -0.0905. The van der Waals surface area contributed by atoms with E-state index in [1.165, 1.54) is 0 Å². The van der Waals surface area contributed by atoms with Gasteiger partial charge in [-0.3, -0.25) is 4.79 Å². The molecule has 0 bridgehead atoms. The fourth-order valence-corrected chi connectivity index (χ4v) is 1.99. The SMILES string of the molecule is O=C(NCCOCc1ccc(Cl)cc1)C1CNCCO1. The molecule has 110 valence electrons. The molecule has 5 nitrogen and oxygen atoms in total. The number of carbonyl (C=O) groups is 1. The Kier molecular flexibility index (Phi) is 6.26. The van der Waals surface area contributed by atoms with E-state index in [9.17, 15) is 4.79 Å². The highest BCUT2D eigenvalue weighted by Gasteiger charge is 2.20. The van der Waals surface area contributed by atoms with Gasteiger partial charge in [-0.2, -0.15) is 0 Å². The molecule has 0 aromatic heterocycles. The third-order valence-electron chi connectivity index (χ3n) is 2.95. The van der Waals surface area contributed by atoms with E-state index in [2.05, 4.69) is 10.6 Å². The summed E-state index contributed by atoms with van der Waals surface area (Å²) in [4.78, 5) is 11.7. The molecule has 0 saturated carbocycles. The van der Waals surface area contributed by atoms with Crippen molar-refractivity contribution in [2.75, 3.05) is 32.8 Å². The minimum atomic E-state index is -0.389. The number of carbonyl (C=O) groups excluding carboxylic acids is 1. The smallest absolute Gasteiger partial charge is 0.250 e. The molecular formula is C14H19ClN2O3. The molecule has 1 aliphatic rings. The standard InChI is InChI=1S/C14H19ClN2O3/c15-12-3-1-11(2-4-12)10-19-7-6-17-14(18)13-9-16-5-8-20-13/h1-4,13,16H,5-10H2,(H,17,18). The van der Waals surface area contributed by atoms with Crippen molar-refractivity contribution in [3.8, 4) is 0 Å². The van der Waals surface area contributed by atoms with Gasteiger partial charge in [0.05, 0.1) is 19.8 Å². The first kappa shape index (κ1) is 15.3. The monoisotopic (exact) mass is 298 g/mol. The Labute approximate surface area is 123 Å². The first-order chi connectivity index (χ1) is 9.75. The van der Waals surface area contributed by atoms with Gasteiger partial charge in [-0.05, 0) is 17.7 Å². The molecule has 1 aliphatic heterocycles. The number of amides is 1. The number of morpholine rings is 1. The van der Waals surface area contributed by atoms with Crippen LogP contribution in [0.4, 0.5) is 0 Å². The lowest BCUT2D eigenvalue weighted by molar-refractivity contribution is -0.134. The predicted octanol–water partition coefficient (Wildman–Crippen LogP) is 0.961. The molecule has 2 N–H and O–H groups in total. The Bertz CT molecular complexity index is 419. The minimum absolute atomic E-state index is 0.0905. The van der Waals surface area contributed by atoms with Crippen molar-refractivity contribution >= 4 is 17.5 Å². The zero-order chi connectivity index (χ0) is 14.2. The van der Waals surface area contributed by atoms with Gasteiger partial charge < -0.3 is 20.1 Å². The molecule has 2 rings (SSSR count). The fourth-order valence-electron chi connectivity index (χ4n) is 1.86. The molecule has 0 aliphatic carbocycles. The molecule has 1 fully saturated rings. The summed E-state index contributed by atoms with van der Waals surface area (Å²) in [5, 5.41) is 6.62. The molecule has 1 unspecified atom stereocenters. The van der Waals surface area contributed by atoms with Gasteiger partial charge in [0.2, 0.25) is 0 Å². The van der Waals surface area contributed by atoms with E-state index in [0.29, 0.717) is 37.9 Å². The van der Waals surface area contributed by atoms with Crippen molar-refractivity contribution in [3.63, 3.8) is 0 Å². The molecule has 0 radical (unpaired) electrons. The number of hydrogen-bond acceptors (Lipinski definition) is 4. The van der Waals surface area contributed by atoms with Crippen LogP contribution >= 0.6 is 11.6 Å². The van der Waals surface area contributed by atoms with Crippen molar-refractivity contribution in [2.45, 2.75) is 12.7 Å². The Balaban J connectivity index is 1.57. The van der Waals surface area contributed by atoms with Crippen LogP contribution in [0.15, 0.2) is 24.3 Å². The Morgan fingerprint density at radius 1 is 1.45 bits per heavy atom. The average molecular weight is 299 g/mol. The van der Waals surface area contributed by atoms with Gasteiger partial charge in [0.15, 0.2) is 0 Å². The minimum Gasteiger partial charge on any atom is -0.375 e. The van der Waals surface area contributed by atoms with Gasteiger partial charge in [-0.1, -0.05) is 23.7 Å². The molecule has 20 heavy (non-hydrogen) atoms. The van der Waals surface area contributed by atoms with Crippen molar-refractivity contribution in [1.82, 2.24) is 10.6 Å². The number of nitrogens with one attached hydrogen (secondary N) is 2. The molecule has 0 spiro atoms. The second-order valence-electron chi connectivity index (χ2n) is 4.53. The lowest BCUT2D eigenvalue weighted by atomic mass is 10.2. The first-order valence-electron chi connectivity index (χ1n) is 6.68. The van der Waals surface area contributed by atoms with Crippen molar-refractivity contribution in [3.05, 3.63) is 34.9 Å². The van der Waals surface area contributed by atoms with E-state index in [-0.39, 0.29) is 12.0 Å². The Morgan fingerprint density at radius 3 is 2.95 bits per heavy atom. The third-order valence-corrected chi connectivity index (χ3v) is 3.20. The number of hydrogen-bond donors (Lipinski definition) is 2. The second kappa shape index (κ2) is 8.21. The van der Waals surface area contributed by atoms with Crippen LogP contribution in [0.2, 0.25) is 5.02 Å². The van der Waals surface area contributed by atoms with Crippen molar-refractivity contribution < 1.29 is 14.3 Å². The lowest BCUT2D eigenvalue weighted by Gasteiger charge is -2.22. The van der Waals surface area contributed by atoms with E-state index in [1.54, 1.807) is 0 Å². The second-order valence-corrected chi connectivity index (χ2v) is 4.97. The molecular weight excluding hydrogens is 280 g/mol. The topological polar surface area (TPSA) is 59.6 Å². The Hall–Kier alpha value is -1.14. The highest BCUT2D eigenvalue weighted by Crippen LogP contribution is 2.09. The summed E-state index contributed by atoms with van der Waals surface area (Å²) in [6, 6.07) is 7.50. The highest BCUT2D eigenvalue weighted by atomic mass is 35.5. The maximum absolute atomic E-state index is 11.7. The molecule has 1 aromatic carbocycles. The molecule has 1 saturated heterocycles. The van der Waals surface area contributed by atoms with E-state index in [4.69, 9.17) is 21.1 Å². The zero-order valence-corrected chi connectivity index (χ0v) is 12.0. The quantitative estimate of drug-likeness (QED) is 0.768. The van der Waals surface area contributed by atoms with Gasteiger partial charge in [0.25, 0.3) is 5.91 Å². The van der Waals surface area contributed by atoms with Crippen LogP contribution in [0.5, 0.6) is 0 Å². The predicted molar refractivity (Wildman–Crippen MR) is 76.7 cm³/mol. The van der Waals surface area contributed by atoms with Crippen molar-refractivity contribution in [2.24, 2.45) is 0 Å². The van der Waals surface area contributed by atoms with E-state index in [0.717, 1.165) is 12.1 Å². The largest absolute Gasteiger partial charge is 0.375 e. The zero-order valence-electron chi connectivity index (χ0n) is 11.2. The summed E-state index contributed by atoms with van der Waals surface area (Å²) in [6.07, 6.45) is -0.389. The van der Waals surface area contributed by atoms with Crippen LogP contribution in [-0.2, 0) is 20.9 Å². The van der Waals surface area contributed by atoms with Crippen LogP contribution < -0.4 is 10.6 Å². The van der Waals surface area contributed by atoms with E-state index in [1.807, 2.05) is 24.3 Å². The fraction of sp³-hybridized carbons (Fsp3) is 0.500. The summed E-state index contributed by atoms with van der Waals surface area (Å²) in [6.45, 7) is 3.39. The van der Waals surface area contributed by atoms with Gasteiger partial charge >= 0.3 is 0 Å². The maximum atomic E-state index is 11.7. The molecule has 1 heterocycles. The average Bonchev–Trinajstić information content (AvgIpc) is 2.49. The van der Waals surface area contributed by atoms with Crippen LogP contribution in [0, 0.1) is 0 Å². The van der Waals surface area contributed by atoms with Gasteiger partial charge in [-0.15, -0.1) is 0 Å². The third kappa shape index (κ3) is 5.09. The normalized spacial score (nSPS) is 18.8.